The Bertz CT molecular complexity index is 635. The van der Waals surface area contributed by atoms with Crippen LogP contribution in [-0.2, 0) is 9.84 Å². The zero-order chi connectivity index (χ0) is 14.0. The summed E-state index contributed by atoms with van der Waals surface area (Å²) in [5.41, 5.74) is -0.309. The Balaban J connectivity index is 2.26. The highest BCUT2D eigenvalue weighted by molar-refractivity contribution is 7.91. The van der Waals surface area contributed by atoms with Gasteiger partial charge in [-0.15, -0.1) is 0 Å². The van der Waals surface area contributed by atoms with Gasteiger partial charge in [-0.05, 0) is 13.3 Å². The van der Waals surface area contributed by atoms with Crippen LogP contribution in [-0.4, -0.2) is 48.3 Å². The zero-order valence-corrected chi connectivity index (χ0v) is 11.4. The molecule has 1 amide bonds. The van der Waals surface area contributed by atoms with Crippen LogP contribution in [0.25, 0.3) is 0 Å². The first-order valence-electron chi connectivity index (χ1n) is 6.13. The van der Waals surface area contributed by atoms with Gasteiger partial charge in [0, 0.05) is 31.0 Å². The van der Waals surface area contributed by atoms with Gasteiger partial charge in [-0.2, -0.15) is 0 Å². The highest BCUT2D eigenvalue weighted by Gasteiger charge is 2.34. The molecule has 1 atom stereocenters. The number of aromatic nitrogens is 1. The number of hydrogen-bond acceptors (Lipinski definition) is 4. The largest absolute Gasteiger partial charge is 0.367 e. The molecule has 1 aromatic heterocycles. The predicted molar refractivity (Wildman–Crippen MR) is 70.8 cm³/mol. The molecule has 0 radical (unpaired) electrons. The van der Waals surface area contributed by atoms with E-state index in [1.54, 1.807) is 6.92 Å². The van der Waals surface area contributed by atoms with E-state index in [2.05, 4.69) is 4.98 Å². The second kappa shape index (κ2) is 5.16. The van der Waals surface area contributed by atoms with E-state index in [0.29, 0.717) is 13.0 Å². The fraction of sp³-hybridized carbons (Fsp3) is 0.500. The van der Waals surface area contributed by atoms with Crippen LogP contribution >= 0.6 is 0 Å². The lowest BCUT2D eigenvalue weighted by molar-refractivity contribution is 0.0706. The molecule has 1 aliphatic rings. The van der Waals surface area contributed by atoms with Crippen LogP contribution in [0.4, 0.5) is 0 Å². The van der Waals surface area contributed by atoms with Crippen molar-refractivity contribution in [3.8, 4) is 0 Å². The Morgan fingerprint density at radius 2 is 2.26 bits per heavy atom. The molecule has 1 saturated heterocycles. The van der Waals surface area contributed by atoms with Gasteiger partial charge in [0.15, 0.2) is 15.3 Å². The van der Waals surface area contributed by atoms with Crippen molar-refractivity contribution in [2.24, 2.45) is 0 Å². The number of H-pyrrole nitrogens is 1. The molecule has 2 heterocycles. The Morgan fingerprint density at radius 3 is 2.79 bits per heavy atom. The topological polar surface area (TPSA) is 87.3 Å². The number of rotatable bonds is 3. The number of carbonyl (C=O) groups excluding carboxylic acids is 1. The lowest BCUT2D eigenvalue weighted by atomic mass is 10.1. The molecule has 0 aromatic carbocycles. The van der Waals surface area contributed by atoms with Crippen molar-refractivity contribution in [3.05, 3.63) is 34.2 Å². The standard InChI is InChI=1S/C12H16N2O4S/c1-2-14(9-4-6-19(17,18)8-9)12(16)10-7-13-5-3-11(10)15/h3,5,7,9H,2,4,6,8H2,1H3,(H,13,15). The monoisotopic (exact) mass is 284 g/mol. The number of amides is 1. The summed E-state index contributed by atoms with van der Waals surface area (Å²) in [5.74, 6) is -0.323. The third-order valence-corrected chi connectivity index (χ3v) is 5.06. The van der Waals surface area contributed by atoms with Gasteiger partial charge in [0.25, 0.3) is 5.91 Å². The number of carbonyl (C=O) groups is 1. The Hall–Kier alpha value is -1.63. The molecular formula is C12H16N2O4S. The van der Waals surface area contributed by atoms with Crippen molar-refractivity contribution < 1.29 is 13.2 Å². The Morgan fingerprint density at radius 1 is 1.53 bits per heavy atom. The van der Waals surface area contributed by atoms with Gasteiger partial charge in [-0.25, -0.2) is 8.42 Å². The molecule has 1 N–H and O–H groups in total. The second-order valence-electron chi connectivity index (χ2n) is 4.57. The maximum atomic E-state index is 12.3. The van der Waals surface area contributed by atoms with Crippen LogP contribution in [0, 0.1) is 0 Å². The van der Waals surface area contributed by atoms with Crippen molar-refractivity contribution >= 4 is 15.7 Å². The van der Waals surface area contributed by atoms with Gasteiger partial charge >= 0.3 is 0 Å². The molecule has 1 unspecified atom stereocenters. The summed E-state index contributed by atoms with van der Waals surface area (Å²) in [6, 6.07) is 0.953. The summed E-state index contributed by atoms with van der Waals surface area (Å²) in [5, 5.41) is 0. The molecular weight excluding hydrogens is 268 g/mol. The first-order valence-corrected chi connectivity index (χ1v) is 7.95. The fourth-order valence-corrected chi connectivity index (χ4v) is 4.06. The summed E-state index contributed by atoms with van der Waals surface area (Å²) < 4.78 is 23.0. The van der Waals surface area contributed by atoms with Crippen LogP contribution in [0.3, 0.4) is 0 Å². The lowest BCUT2D eigenvalue weighted by Gasteiger charge is -2.26. The number of pyridine rings is 1. The van der Waals surface area contributed by atoms with E-state index in [1.165, 1.54) is 23.4 Å². The maximum absolute atomic E-state index is 12.3. The summed E-state index contributed by atoms with van der Waals surface area (Å²) >= 11 is 0. The molecule has 0 spiro atoms. The van der Waals surface area contributed by atoms with Crippen molar-refractivity contribution in [2.75, 3.05) is 18.1 Å². The fourth-order valence-electron chi connectivity index (χ4n) is 2.33. The number of hydrogen-bond donors (Lipinski definition) is 1. The molecule has 0 saturated carbocycles. The van der Waals surface area contributed by atoms with Crippen molar-refractivity contribution in [2.45, 2.75) is 19.4 Å². The predicted octanol–water partition coefficient (Wildman–Crippen LogP) is 0.0241. The number of nitrogens with zero attached hydrogens (tertiary/aromatic N) is 1. The van der Waals surface area contributed by atoms with Gasteiger partial charge in [0.05, 0.1) is 11.5 Å². The zero-order valence-electron chi connectivity index (χ0n) is 10.6. The van der Waals surface area contributed by atoms with Crippen LogP contribution in [0.15, 0.2) is 23.3 Å². The average molecular weight is 284 g/mol. The van der Waals surface area contributed by atoms with Crippen LogP contribution < -0.4 is 5.43 Å². The highest BCUT2D eigenvalue weighted by atomic mass is 32.2. The normalized spacial score (nSPS) is 21.2. The Labute approximate surface area is 111 Å². The third kappa shape index (κ3) is 2.86. The minimum Gasteiger partial charge on any atom is -0.367 e. The minimum absolute atomic E-state index is 0.0165. The van der Waals surface area contributed by atoms with E-state index >= 15 is 0 Å². The smallest absolute Gasteiger partial charge is 0.259 e. The number of aromatic amines is 1. The van der Waals surface area contributed by atoms with E-state index in [4.69, 9.17) is 0 Å². The van der Waals surface area contributed by atoms with Gasteiger partial charge in [0.2, 0.25) is 0 Å². The molecule has 1 aromatic rings. The van der Waals surface area contributed by atoms with Gasteiger partial charge in [0.1, 0.15) is 5.56 Å². The summed E-state index contributed by atoms with van der Waals surface area (Å²) in [6.45, 7) is 2.16. The second-order valence-corrected chi connectivity index (χ2v) is 6.80. The quantitative estimate of drug-likeness (QED) is 0.848. The van der Waals surface area contributed by atoms with E-state index in [1.807, 2.05) is 0 Å². The average Bonchev–Trinajstić information content (AvgIpc) is 2.71. The van der Waals surface area contributed by atoms with Crippen molar-refractivity contribution in [1.82, 2.24) is 9.88 Å². The minimum atomic E-state index is -3.06. The van der Waals surface area contributed by atoms with E-state index in [9.17, 15) is 18.0 Å². The highest BCUT2D eigenvalue weighted by Crippen LogP contribution is 2.18. The Kier molecular flexibility index (Phi) is 3.75. The van der Waals surface area contributed by atoms with Crippen molar-refractivity contribution in [1.29, 1.82) is 0 Å². The first kappa shape index (κ1) is 13.8. The maximum Gasteiger partial charge on any atom is 0.259 e. The molecule has 0 aliphatic carbocycles. The summed E-state index contributed by atoms with van der Waals surface area (Å²) in [7, 11) is -3.06. The molecule has 1 aliphatic heterocycles. The van der Waals surface area contributed by atoms with Crippen LogP contribution in [0.5, 0.6) is 0 Å². The summed E-state index contributed by atoms with van der Waals surface area (Å²) in [6.07, 6.45) is 3.25. The van der Waals surface area contributed by atoms with E-state index in [0.717, 1.165) is 0 Å². The van der Waals surface area contributed by atoms with Crippen molar-refractivity contribution in [3.63, 3.8) is 0 Å². The van der Waals surface area contributed by atoms with E-state index < -0.39 is 15.7 Å². The van der Waals surface area contributed by atoms with Gasteiger partial charge in [-0.3, -0.25) is 9.59 Å². The molecule has 2 rings (SSSR count). The summed E-state index contributed by atoms with van der Waals surface area (Å²) in [4.78, 5) is 28.1. The van der Waals surface area contributed by atoms with Gasteiger partial charge in [-0.1, -0.05) is 0 Å². The molecule has 19 heavy (non-hydrogen) atoms. The molecule has 0 bridgehead atoms. The van der Waals surface area contributed by atoms with Gasteiger partial charge < -0.3 is 9.88 Å². The molecule has 6 nitrogen and oxygen atoms in total. The van der Waals surface area contributed by atoms with Crippen LogP contribution in [0.1, 0.15) is 23.7 Å². The number of nitrogens with one attached hydrogen (secondary N) is 1. The molecule has 104 valence electrons. The SMILES string of the molecule is CCN(C(=O)c1c[nH]ccc1=O)C1CCS(=O)(=O)C1. The molecule has 1 fully saturated rings. The first-order chi connectivity index (χ1) is 8.94. The molecule has 7 heteroatoms. The number of sulfone groups is 1. The lowest BCUT2D eigenvalue weighted by Crippen LogP contribution is -2.42. The van der Waals surface area contributed by atoms with Crippen LogP contribution in [0.2, 0.25) is 0 Å². The van der Waals surface area contributed by atoms with E-state index in [-0.39, 0.29) is 28.5 Å². The third-order valence-electron chi connectivity index (χ3n) is 3.31.